The first-order chi connectivity index (χ1) is 9.28. The van der Waals surface area contributed by atoms with E-state index in [2.05, 4.69) is 35.5 Å². The van der Waals surface area contributed by atoms with Gasteiger partial charge in [-0.05, 0) is 37.7 Å². The maximum absolute atomic E-state index is 4.32. The Labute approximate surface area is 117 Å². The van der Waals surface area contributed by atoms with Crippen molar-refractivity contribution in [3.05, 3.63) is 18.5 Å². The van der Waals surface area contributed by atoms with Gasteiger partial charge in [0.1, 0.15) is 0 Å². The highest BCUT2D eigenvalue weighted by atomic mass is 14.9. The van der Waals surface area contributed by atoms with Crippen LogP contribution in [0, 0.1) is 5.92 Å². The molecule has 0 spiro atoms. The first-order valence-corrected chi connectivity index (χ1v) is 7.73. The Morgan fingerprint density at radius 3 is 2.84 bits per heavy atom. The molecule has 0 bridgehead atoms. The molecule has 2 rings (SSSR count). The number of nitrogens with one attached hydrogen (secondary N) is 2. The van der Waals surface area contributed by atoms with E-state index in [0.29, 0.717) is 6.04 Å². The zero-order chi connectivity index (χ0) is 13.5. The third-order valence-corrected chi connectivity index (χ3v) is 3.95. The number of nitrogens with zero attached hydrogens (tertiary/aromatic N) is 1. The van der Waals surface area contributed by atoms with Crippen molar-refractivity contribution in [3.63, 3.8) is 0 Å². The van der Waals surface area contributed by atoms with Gasteiger partial charge in [0, 0.05) is 12.6 Å². The zero-order valence-electron chi connectivity index (χ0n) is 12.3. The first-order valence-electron chi connectivity index (χ1n) is 7.73. The lowest BCUT2D eigenvalue weighted by Crippen LogP contribution is -2.18. The van der Waals surface area contributed by atoms with Gasteiger partial charge >= 0.3 is 0 Å². The molecule has 106 valence electrons. The van der Waals surface area contributed by atoms with Crippen LogP contribution in [-0.4, -0.2) is 17.6 Å². The van der Waals surface area contributed by atoms with Gasteiger partial charge in [0.25, 0.3) is 0 Å². The molecular weight excluding hydrogens is 234 g/mol. The van der Waals surface area contributed by atoms with Crippen LogP contribution in [-0.2, 0) is 0 Å². The van der Waals surface area contributed by atoms with Crippen molar-refractivity contribution >= 4 is 11.4 Å². The van der Waals surface area contributed by atoms with Crippen molar-refractivity contribution in [1.29, 1.82) is 0 Å². The van der Waals surface area contributed by atoms with Gasteiger partial charge in [0.15, 0.2) is 0 Å². The Morgan fingerprint density at radius 2 is 2.00 bits per heavy atom. The Bertz CT molecular complexity index is 378. The van der Waals surface area contributed by atoms with Gasteiger partial charge in [0.05, 0.1) is 23.8 Å². The molecule has 19 heavy (non-hydrogen) atoms. The minimum Gasteiger partial charge on any atom is -0.384 e. The van der Waals surface area contributed by atoms with Crippen LogP contribution in [0.5, 0.6) is 0 Å². The summed E-state index contributed by atoms with van der Waals surface area (Å²) < 4.78 is 0. The smallest absolute Gasteiger partial charge is 0.0549 e. The van der Waals surface area contributed by atoms with E-state index in [1.165, 1.54) is 32.1 Å². The lowest BCUT2D eigenvalue weighted by atomic mass is 10.0. The highest BCUT2D eigenvalue weighted by Gasteiger charge is 2.15. The third-order valence-electron chi connectivity index (χ3n) is 3.95. The molecule has 2 atom stereocenters. The maximum Gasteiger partial charge on any atom is 0.0549 e. The summed E-state index contributed by atoms with van der Waals surface area (Å²) in [7, 11) is 0. The van der Waals surface area contributed by atoms with Crippen LogP contribution in [0.1, 0.15) is 52.4 Å². The summed E-state index contributed by atoms with van der Waals surface area (Å²) in [5.74, 6) is 0.891. The number of rotatable bonds is 5. The molecule has 1 saturated carbocycles. The topological polar surface area (TPSA) is 37.0 Å². The zero-order valence-corrected chi connectivity index (χ0v) is 12.3. The molecule has 0 saturated heterocycles. The number of pyridine rings is 1. The minimum absolute atomic E-state index is 0.619. The molecule has 1 heterocycles. The maximum atomic E-state index is 4.32. The van der Waals surface area contributed by atoms with Crippen LogP contribution in [0.15, 0.2) is 18.5 Å². The van der Waals surface area contributed by atoms with E-state index in [1.807, 2.05) is 12.4 Å². The molecular formula is C16H27N3. The normalized spacial score (nSPS) is 23.7. The van der Waals surface area contributed by atoms with Crippen LogP contribution in [0.3, 0.4) is 0 Å². The van der Waals surface area contributed by atoms with Crippen LogP contribution < -0.4 is 10.6 Å². The number of hydrogen-bond acceptors (Lipinski definition) is 3. The Kier molecular flexibility index (Phi) is 5.49. The molecule has 0 radical (unpaired) electrons. The average Bonchev–Trinajstić information content (AvgIpc) is 2.62. The fraction of sp³-hybridized carbons (Fsp3) is 0.688. The van der Waals surface area contributed by atoms with Gasteiger partial charge in [-0.1, -0.05) is 26.7 Å². The number of anilines is 2. The lowest BCUT2D eigenvalue weighted by molar-refractivity contribution is 0.502. The van der Waals surface area contributed by atoms with E-state index in [-0.39, 0.29) is 0 Å². The molecule has 3 heteroatoms. The molecule has 0 amide bonds. The predicted molar refractivity (Wildman–Crippen MR) is 82.7 cm³/mol. The summed E-state index contributed by atoms with van der Waals surface area (Å²) in [6.07, 6.45) is 11.6. The summed E-state index contributed by atoms with van der Waals surface area (Å²) in [4.78, 5) is 4.32. The Hall–Kier alpha value is -1.25. The molecule has 0 aliphatic heterocycles. The summed E-state index contributed by atoms with van der Waals surface area (Å²) in [6.45, 7) is 5.56. The van der Waals surface area contributed by atoms with Crippen LogP contribution in [0.2, 0.25) is 0 Å². The van der Waals surface area contributed by atoms with Crippen LogP contribution in [0.4, 0.5) is 11.4 Å². The van der Waals surface area contributed by atoms with E-state index < -0.39 is 0 Å². The predicted octanol–water partition coefficient (Wildman–Crippen LogP) is 4.28. The Balaban J connectivity index is 1.90. The van der Waals surface area contributed by atoms with E-state index in [0.717, 1.165) is 30.3 Å². The van der Waals surface area contributed by atoms with Crippen molar-refractivity contribution in [2.75, 3.05) is 17.2 Å². The molecule has 1 fully saturated rings. The van der Waals surface area contributed by atoms with Gasteiger partial charge in [-0.3, -0.25) is 4.98 Å². The van der Waals surface area contributed by atoms with Gasteiger partial charge in [-0.15, -0.1) is 0 Å². The van der Waals surface area contributed by atoms with Crippen LogP contribution >= 0.6 is 0 Å². The van der Waals surface area contributed by atoms with E-state index >= 15 is 0 Å². The largest absolute Gasteiger partial charge is 0.384 e. The molecule has 2 N–H and O–H groups in total. The van der Waals surface area contributed by atoms with Crippen molar-refractivity contribution in [2.45, 2.75) is 58.4 Å². The highest BCUT2D eigenvalue weighted by molar-refractivity contribution is 5.54. The van der Waals surface area contributed by atoms with Gasteiger partial charge in [-0.2, -0.15) is 0 Å². The second-order valence-electron chi connectivity index (χ2n) is 5.84. The summed E-state index contributed by atoms with van der Waals surface area (Å²) in [5, 5.41) is 7.04. The standard InChI is InChI=1S/C16H27N3/c1-3-9-18-15-10-16(12-17-11-15)19-14-6-4-5-13(2)7-8-14/h10-14,18-19H,3-9H2,1-2H3. The molecule has 1 aromatic heterocycles. The summed E-state index contributed by atoms with van der Waals surface area (Å²) in [5.41, 5.74) is 2.27. The fourth-order valence-electron chi connectivity index (χ4n) is 2.75. The SMILES string of the molecule is CCCNc1cncc(NC2CCCC(C)CC2)c1. The molecule has 2 unspecified atom stereocenters. The number of aromatic nitrogens is 1. The summed E-state index contributed by atoms with van der Waals surface area (Å²) >= 11 is 0. The highest BCUT2D eigenvalue weighted by Crippen LogP contribution is 2.25. The van der Waals surface area contributed by atoms with Crippen molar-refractivity contribution in [1.82, 2.24) is 4.98 Å². The fourth-order valence-corrected chi connectivity index (χ4v) is 2.75. The molecule has 1 aliphatic rings. The van der Waals surface area contributed by atoms with Gasteiger partial charge in [-0.25, -0.2) is 0 Å². The van der Waals surface area contributed by atoms with Crippen molar-refractivity contribution < 1.29 is 0 Å². The molecule has 3 nitrogen and oxygen atoms in total. The molecule has 0 aromatic carbocycles. The lowest BCUT2D eigenvalue weighted by Gasteiger charge is -2.18. The second-order valence-corrected chi connectivity index (χ2v) is 5.84. The number of hydrogen-bond donors (Lipinski definition) is 2. The minimum atomic E-state index is 0.619. The van der Waals surface area contributed by atoms with Crippen molar-refractivity contribution in [3.8, 4) is 0 Å². The Morgan fingerprint density at radius 1 is 1.16 bits per heavy atom. The second kappa shape index (κ2) is 7.37. The quantitative estimate of drug-likeness (QED) is 0.777. The van der Waals surface area contributed by atoms with Crippen LogP contribution in [0.25, 0.3) is 0 Å². The van der Waals surface area contributed by atoms with E-state index in [1.54, 1.807) is 0 Å². The average molecular weight is 261 g/mol. The van der Waals surface area contributed by atoms with E-state index in [9.17, 15) is 0 Å². The van der Waals surface area contributed by atoms with Gasteiger partial charge in [0.2, 0.25) is 0 Å². The summed E-state index contributed by atoms with van der Waals surface area (Å²) in [6, 6.07) is 2.80. The first kappa shape index (κ1) is 14.2. The van der Waals surface area contributed by atoms with Crippen molar-refractivity contribution in [2.24, 2.45) is 5.92 Å². The van der Waals surface area contributed by atoms with Gasteiger partial charge < -0.3 is 10.6 Å². The molecule has 1 aromatic rings. The van der Waals surface area contributed by atoms with E-state index in [4.69, 9.17) is 0 Å². The molecule has 1 aliphatic carbocycles. The monoisotopic (exact) mass is 261 g/mol. The third kappa shape index (κ3) is 4.73.